The van der Waals surface area contributed by atoms with Gasteiger partial charge in [0.2, 0.25) is 0 Å². The van der Waals surface area contributed by atoms with E-state index >= 15 is 0 Å². The maximum atomic E-state index is 9.77. The Hall–Kier alpha value is -0.0800. The maximum Gasteiger partial charge on any atom is 0.0740 e. The van der Waals surface area contributed by atoms with Crippen molar-refractivity contribution in [3.8, 4) is 0 Å². The van der Waals surface area contributed by atoms with Gasteiger partial charge in [0.1, 0.15) is 0 Å². The van der Waals surface area contributed by atoms with E-state index in [1.54, 1.807) is 0 Å². The van der Waals surface area contributed by atoms with Gasteiger partial charge in [0.05, 0.1) is 5.60 Å². The molecule has 1 fully saturated rings. The third-order valence-electron chi connectivity index (χ3n) is 3.71. The molecule has 0 radical (unpaired) electrons. The van der Waals surface area contributed by atoms with Crippen LogP contribution in [0.4, 0.5) is 0 Å². The molecule has 15 heavy (non-hydrogen) atoms. The Labute approximate surface area is 94.5 Å². The first-order valence-electron chi connectivity index (χ1n) is 6.57. The molecular formula is C13H27NO. The summed E-state index contributed by atoms with van der Waals surface area (Å²) in [7, 11) is 0. The Bertz CT molecular complexity index is 162. The average Bonchev–Trinajstić information content (AvgIpc) is 2.70. The topological polar surface area (TPSA) is 32.3 Å². The molecular weight excluding hydrogens is 186 g/mol. The molecule has 0 heterocycles. The highest BCUT2D eigenvalue weighted by Crippen LogP contribution is 2.28. The average molecular weight is 213 g/mol. The summed E-state index contributed by atoms with van der Waals surface area (Å²) >= 11 is 0. The molecule has 90 valence electrons. The van der Waals surface area contributed by atoms with Crippen molar-refractivity contribution in [3.63, 3.8) is 0 Å². The van der Waals surface area contributed by atoms with Crippen LogP contribution >= 0.6 is 0 Å². The lowest BCUT2D eigenvalue weighted by Crippen LogP contribution is -2.37. The van der Waals surface area contributed by atoms with Crippen LogP contribution in [0.1, 0.15) is 58.8 Å². The molecule has 1 unspecified atom stereocenters. The lowest BCUT2D eigenvalue weighted by molar-refractivity contribution is 0.0559. The van der Waals surface area contributed by atoms with Gasteiger partial charge in [-0.05, 0) is 38.6 Å². The summed E-state index contributed by atoms with van der Waals surface area (Å²) in [6.07, 6.45) is 9.26. The zero-order valence-electron chi connectivity index (χ0n) is 10.4. The standard InChI is InChI=1S/C13H27NO/c1-3-13(2,15)11-14-10-6-9-12-7-4-5-8-12/h12,14-15H,3-11H2,1-2H3. The van der Waals surface area contributed by atoms with E-state index in [1.165, 1.54) is 38.5 Å². The van der Waals surface area contributed by atoms with E-state index in [-0.39, 0.29) is 0 Å². The van der Waals surface area contributed by atoms with Gasteiger partial charge in [0.15, 0.2) is 0 Å². The molecule has 0 aromatic heterocycles. The normalized spacial score (nSPS) is 21.8. The monoisotopic (exact) mass is 213 g/mol. The summed E-state index contributed by atoms with van der Waals surface area (Å²) in [6.45, 7) is 5.72. The van der Waals surface area contributed by atoms with Gasteiger partial charge in [-0.15, -0.1) is 0 Å². The van der Waals surface area contributed by atoms with Crippen molar-refractivity contribution in [1.29, 1.82) is 0 Å². The smallest absolute Gasteiger partial charge is 0.0740 e. The minimum Gasteiger partial charge on any atom is -0.389 e. The van der Waals surface area contributed by atoms with E-state index in [0.29, 0.717) is 0 Å². The Morgan fingerprint density at radius 1 is 1.33 bits per heavy atom. The van der Waals surface area contributed by atoms with Crippen LogP contribution in [0.15, 0.2) is 0 Å². The fraction of sp³-hybridized carbons (Fsp3) is 1.00. The highest BCUT2D eigenvalue weighted by molar-refractivity contribution is 4.73. The highest BCUT2D eigenvalue weighted by Gasteiger charge is 2.17. The molecule has 2 N–H and O–H groups in total. The molecule has 0 bridgehead atoms. The molecule has 0 amide bonds. The van der Waals surface area contributed by atoms with Gasteiger partial charge in [-0.1, -0.05) is 32.6 Å². The Kier molecular flexibility index (Phi) is 5.62. The molecule has 1 aliphatic carbocycles. The van der Waals surface area contributed by atoms with Crippen LogP contribution in [0.2, 0.25) is 0 Å². The van der Waals surface area contributed by atoms with Gasteiger partial charge >= 0.3 is 0 Å². The third kappa shape index (κ3) is 5.53. The minimum absolute atomic E-state index is 0.520. The lowest BCUT2D eigenvalue weighted by atomic mass is 10.0. The van der Waals surface area contributed by atoms with Gasteiger partial charge in [-0.3, -0.25) is 0 Å². The molecule has 0 aromatic carbocycles. The van der Waals surface area contributed by atoms with E-state index in [0.717, 1.165) is 25.4 Å². The second-order valence-corrected chi connectivity index (χ2v) is 5.32. The summed E-state index contributed by atoms with van der Waals surface area (Å²) in [4.78, 5) is 0. The predicted molar refractivity (Wildman–Crippen MR) is 65.0 cm³/mol. The van der Waals surface area contributed by atoms with E-state index < -0.39 is 5.60 Å². The molecule has 0 aromatic rings. The highest BCUT2D eigenvalue weighted by atomic mass is 16.3. The van der Waals surface area contributed by atoms with Crippen LogP contribution in [0.5, 0.6) is 0 Å². The largest absolute Gasteiger partial charge is 0.389 e. The van der Waals surface area contributed by atoms with Crippen LogP contribution in [0.3, 0.4) is 0 Å². The van der Waals surface area contributed by atoms with Crippen LogP contribution < -0.4 is 5.32 Å². The minimum atomic E-state index is -0.520. The summed E-state index contributed by atoms with van der Waals surface area (Å²) in [5, 5.41) is 13.1. The van der Waals surface area contributed by atoms with Gasteiger partial charge in [0.25, 0.3) is 0 Å². The van der Waals surface area contributed by atoms with E-state index in [9.17, 15) is 5.11 Å². The van der Waals surface area contributed by atoms with Crippen LogP contribution in [0.25, 0.3) is 0 Å². The maximum absolute atomic E-state index is 9.77. The molecule has 1 saturated carbocycles. The first kappa shape index (κ1) is 13.0. The molecule has 0 saturated heterocycles. The molecule has 0 spiro atoms. The van der Waals surface area contributed by atoms with Crippen molar-refractivity contribution < 1.29 is 5.11 Å². The van der Waals surface area contributed by atoms with Crippen molar-refractivity contribution in [1.82, 2.24) is 5.32 Å². The third-order valence-corrected chi connectivity index (χ3v) is 3.71. The van der Waals surface area contributed by atoms with Gasteiger partial charge in [-0.25, -0.2) is 0 Å². The van der Waals surface area contributed by atoms with Crippen molar-refractivity contribution >= 4 is 0 Å². The lowest BCUT2D eigenvalue weighted by Gasteiger charge is -2.21. The molecule has 2 heteroatoms. The number of nitrogens with one attached hydrogen (secondary N) is 1. The van der Waals surface area contributed by atoms with Crippen molar-refractivity contribution in [2.24, 2.45) is 5.92 Å². The van der Waals surface area contributed by atoms with E-state index in [4.69, 9.17) is 0 Å². The number of hydrogen-bond acceptors (Lipinski definition) is 2. The Morgan fingerprint density at radius 2 is 2.00 bits per heavy atom. The molecule has 1 rings (SSSR count). The molecule has 0 aliphatic heterocycles. The summed E-state index contributed by atoms with van der Waals surface area (Å²) < 4.78 is 0. The first-order chi connectivity index (χ1) is 7.14. The van der Waals surface area contributed by atoms with Crippen LogP contribution in [0, 0.1) is 5.92 Å². The van der Waals surface area contributed by atoms with E-state index in [1.807, 2.05) is 13.8 Å². The summed E-state index contributed by atoms with van der Waals surface area (Å²) in [5.41, 5.74) is -0.520. The zero-order chi connectivity index (χ0) is 11.1. The second kappa shape index (κ2) is 6.49. The molecule has 1 atom stereocenters. The van der Waals surface area contributed by atoms with Gasteiger partial charge in [0, 0.05) is 6.54 Å². The predicted octanol–water partition coefficient (Wildman–Crippen LogP) is 2.71. The number of hydrogen-bond donors (Lipinski definition) is 2. The summed E-state index contributed by atoms with van der Waals surface area (Å²) in [5.74, 6) is 0.999. The number of aliphatic hydroxyl groups is 1. The first-order valence-corrected chi connectivity index (χ1v) is 6.57. The fourth-order valence-electron chi connectivity index (χ4n) is 2.30. The van der Waals surface area contributed by atoms with Crippen LogP contribution in [-0.2, 0) is 0 Å². The quantitative estimate of drug-likeness (QED) is 0.637. The van der Waals surface area contributed by atoms with Crippen molar-refractivity contribution in [2.45, 2.75) is 64.4 Å². The van der Waals surface area contributed by atoms with Gasteiger partial charge < -0.3 is 10.4 Å². The Balaban J connectivity index is 1.92. The Morgan fingerprint density at radius 3 is 2.60 bits per heavy atom. The van der Waals surface area contributed by atoms with Crippen molar-refractivity contribution in [3.05, 3.63) is 0 Å². The van der Waals surface area contributed by atoms with E-state index in [2.05, 4.69) is 5.32 Å². The van der Waals surface area contributed by atoms with Gasteiger partial charge in [-0.2, -0.15) is 0 Å². The number of rotatable bonds is 7. The molecule has 1 aliphatic rings. The zero-order valence-corrected chi connectivity index (χ0v) is 10.4. The van der Waals surface area contributed by atoms with Crippen LogP contribution in [-0.4, -0.2) is 23.8 Å². The second-order valence-electron chi connectivity index (χ2n) is 5.32. The fourth-order valence-corrected chi connectivity index (χ4v) is 2.30. The molecule has 2 nitrogen and oxygen atoms in total. The van der Waals surface area contributed by atoms with Crippen molar-refractivity contribution in [2.75, 3.05) is 13.1 Å². The summed E-state index contributed by atoms with van der Waals surface area (Å²) in [6, 6.07) is 0. The SMILES string of the molecule is CCC(C)(O)CNCCCC1CCCC1.